The summed E-state index contributed by atoms with van der Waals surface area (Å²) in [6.07, 6.45) is 2.41. The first-order valence-electron chi connectivity index (χ1n) is 8.15. The second-order valence-corrected chi connectivity index (χ2v) is 6.02. The number of hydrogen-bond donors (Lipinski definition) is 2. The lowest BCUT2D eigenvalue weighted by Crippen LogP contribution is -2.21. The van der Waals surface area contributed by atoms with E-state index in [0.29, 0.717) is 17.4 Å². The van der Waals surface area contributed by atoms with Crippen LogP contribution in [0.5, 0.6) is 5.88 Å². The van der Waals surface area contributed by atoms with Crippen LogP contribution in [0.25, 0.3) is 0 Å². The highest BCUT2D eigenvalue weighted by molar-refractivity contribution is 5.72. The Morgan fingerprint density at radius 3 is 2.36 bits per heavy atom. The maximum atomic E-state index is 12.6. The van der Waals surface area contributed by atoms with Crippen molar-refractivity contribution >= 4 is 17.2 Å². The smallest absolute Gasteiger partial charge is 0.416 e. The van der Waals surface area contributed by atoms with E-state index < -0.39 is 11.7 Å². The second kappa shape index (κ2) is 7.16. The van der Waals surface area contributed by atoms with Crippen LogP contribution in [0.15, 0.2) is 30.6 Å². The number of benzene rings is 1. The molecule has 0 saturated heterocycles. The number of nitrogens with one attached hydrogen (secondary N) is 1. The van der Waals surface area contributed by atoms with Crippen LogP contribution in [0.3, 0.4) is 0 Å². The highest BCUT2D eigenvalue weighted by Gasteiger charge is 2.30. The van der Waals surface area contributed by atoms with Crippen LogP contribution in [0.2, 0.25) is 0 Å². The number of nitrogen functional groups attached to an aromatic ring is 1. The van der Waals surface area contributed by atoms with Gasteiger partial charge in [-0.25, -0.2) is 4.98 Å². The van der Waals surface area contributed by atoms with Crippen molar-refractivity contribution in [3.63, 3.8) is 0 Å². The van der Waals surface area contributed by atoms with E-state index in [-0.39, 0.29) is 11.8 Å². The highest BCUT2D eigenvalue weighted by atomic mass is 19.4. The molecule has 1 saturated carbocycles. The Morgan fingerprint density at radius 1 is 1.04 bits per heavy atom. The molecule has 0 aliphatic heterocycles. The molecular formula is C17H19F3N4O. The van der Waals surface area contributed by atoms with Crippen molar-refractivity contribution in [2.75, 3.05) is 11.1 Å². The molecule has 0 unspecified atom stereocenters. The Morgan fingerprint density at radius 2 is 1.72 bits per heavy atom. The summed E-state index contributed by atoms with van der Waals surface area (Å²) >= 11 is 0. The molecule has 1 aromatic carbocycles. The van der Waals surface area contributed by atoms with Crippen molar-refractivity contribution in [2.24, 2.45) is 0 Å². The van der Waals surface area contributed by atoms with Crippen LogP contribution < -0.4 is 15.8 Å². The number of nitrogens with zero attached hydrogens (tertiary/aromatic N) is 2. The highest BCUT2D eigenvalue weighted by Crippen LogP contribution is 2.33. The summed E-state index contributed by atoms with van der Waals surface area (Å²) in [6, 6.07) is 4.65. The molecule has 0 atom stereocenters. The van der Waals surface area contributed by atoms with Gasteiger partial charge in [0, 0.05) is 5.69 Å². The average molecular weight is 352 g/mol. The summed E-state index contributed by atoms with van der Waals surface area (Å²) in [5.41, 5.74) is 6.03. The number of alkyl halides is 3. The van der Waals surface area contributed by atoms with Gasteiger partial charge < -0.3 is 15.8 Å². The van der Waals surface area contributed by atoms with Crippen molar-refractivity contribution in [1.29, 1.82) is 0 Å². The molecular weight excluding hydrogens is 333 g/mol. The van der Waals surface area contributed by atoms with E-state index in [4.69, 9.17) is 10.5 Å². The Bertz CT molecular complexity index is 713. The first-order chi connectivity index (χ1) is 11.9. The van der Waals surface area contributed by atoms with E-state index >= 15 is 0 Å². The molecule has 8 heteroatoms. The number of halogens is 3. The minimum absolute atomic E-state index is 0.0878. The molecule has 1 aromatic heterocycles. The molecule has 1 fully saturated rings. The number of aromatic nitrogens is 2. The molecule has 134 valence electrons. The molecule has 2 aromatic rings. The van der Waals surface area contributed by atoms with Gasteiger partial charge in [-0.2, -0.15) is 18.2 Å². The van der Waals surface area contributed by atoms with Crippen molar-refractivity contribution < 1.29 is 17.9 Å². The van der Waals surface area contributed by atoms with Crippen LogP contribution in [0.1, 0.15) is 37.7 Å². The number of ether oxygens (including phenoxy) is 1. The molecule has 0 amide bonds. The largest absolute Gasteiger partial charge is 0.473 e. The van der Waals surface area contributed by atoms with Crippen LogP contribution in [0.4, 0.5) is 30.4 Å². The average Bonchev–Trinajstić information content (AvgIpc) is 2.59. The van der Waals surface area contributed by atoms with Crippen molar-refractivity contribution in [3.8, 4) is 5.88 Å². The monoisotopic (exact) mass is 352 g/mol. The van der Waals surface area contributed by atoms with Crippen LogP contribution in [0, 0.1) is 0 Å². The van der Waals surface area contributed by atoms with E-state index in [1.54, 1.807) is 0 Å². The molecule has 1 aliphatic rings. The molecule has 1 heterocycles. The van der Waals surface area contributed by atoms with Crippen molar-refractivity contribution in [3.05, 3.63) is 36.2 Å². The van der Waals surface area contributed by atoms with Gasteiger partial charge in [-0.1, -0.05) is 6.42 Å². The van der Waals surface area contributed by atoms with E-state index in [9.17, 15) is 13.2 Å². The first-order valence-corrected chi connectivity index (χ1v) is 8.15. The minimum Gasteiger partial charge on any atom is -0.473 e. The fraction of sp³-hybridized carbons (Fsp3) is 0.412. The topological polar surface area (TPSA) is 73.1 Å². The number of hydrogen-bond acceptors (Lipinski definition) is 5. The standard InChI is InChI=1S/C17H19F3N4O/c18-17(19,20)11-6-8-12(9-7-11)24-15-14(21)16(23-10-22-15)25-13-4-2-1-3-5-13/h6-10,13H,1-5,21H2,(H,22,23,24). The van der Waals surface area contributed by atoms with Gasteiger partial charge in [-0.3, -0.25) is 0 Å². The van der Waals surface area contributed by atoms with Gasteiger partial charge in [-0.05, 0) is 49.9 Å². The predicted molar refractivity (Wildman–Crippen MR) is 88.7 cm³/mol. The van der Waals surface area contributed by atoms with Gasteiger partial charge >= 0.3 is 6.18 Å². The van der Waals surface area contributed by atoms with Crippen molar-refractivity contribution in [2.45, 2.75) is 44.4 Å². The Labute approximate surface area is 143 Å². The SMILES string of the molecule is Nc1c(Nc2ccc(C(F)(F)F)cc2)ncnc1OC1CCCCC1. The molecule has 3 N–H and O–H groups in total. The first kappa shape index (κ1) is 17.3. The summed E-state index contributed by atoms with van der Waals surface area (Å²) in [6.45, 7) is 0. The molecule has 1 aliphatic carbocycles. The number of nitrogens with two attached hydrogens (primary N) is 1. The molecule has 3 rings (SSSR count). The molecule has 0 radical (unpaired) electrons. The fourth-order valence-electron chi connectivity index (χ4n) is 2.79. The summed E-state index contributed by atoms with van der Waals surface area (Å²) in [5.74, 6) is 0.608. The minimum atomic E-state index is -4.37. The molecule has 5 nitrogen and oxygen atoms in total. The van der Waals surface area contributed by atoms with Crippen LogP contribution >= 0.6 is 0 Å². The lowest BCUT2D eigenvalue weighted by Gasteiger charge is -2.23. The van der Waals surface area contributed by atoms with E-state index in [1.807, 2.05) is 0 Å². The van der Waals surface area contributed by atoms with Gasteiger partial charge in [0.25, 0.3) is 0 Å². The lowest BCUT2D eigenvalue weighted by atomic mass is 9.98. The predicted octanol–water partition coefficient (Wildman–Crippen LogP) is 4.53. The maximum Gasteiger partial charge on any atom is 0.416 e. The summed E-state index contributed by atoms with van der Waals surface area (Å²) < 4.78 is 43.7. The third kappa shape index (κ3) is 4.32. The zero-order valence-electron chi connectivity index (χ0n) is 13.5. The van der Waals surface area contributed by atoms with E-state index in [1.165, 1.54) is 24.9 Å². The van der Waals surface area contributed by atoms with Gasteiger partial charge in [0.15, 0.2) is 5.82 Å². The van der Waals surface area contributed by atoms with Crippen molar-refractivity contribution in [1.82, 2.24) is 9.97 Å². The molecule has 0 bridgehead atoms. The number of rotatable bonds is 4. The van der Waals surface area contributed by atoms with Gasteiger partial charge in [-0.15, -0.1) is 0 Å². The second-order valence-electron chi connectivity index (χ2n) is 6.02. The van der Waals surface area contributed by atoms with Crippen LogP contribution in [-0.4, -0.2) is 16.1 Å². The lowest BCUT2D eigenvalue weighted by molar-refractivity contribution is -0.137. The van der Waals surface area contributed by atoms with Crippen LogP contribution in [-0.2, 0) is 6.18 Å². The fourth-order valence-corrected chi connectivity index (χ4v) is 2.79. The third-order valence-corrected chi connectivity index (χ3v) is 4.15. The Kier molecular flexibility index (Phi) is 4.96. The van der Waals surface area contributed by atoms with E-state index in [2.05, 4.69) is 15.3 Å². The quantitative estimate of drug-likeness (QED) is 0.845. The summed E-state index contributed by atoms with van der Waals surface area (Å²) in [5, 5.41) is 2.91. The van der Waals surface area contributed by atoms with Gasteiger partial charge in [0.05, 0.1) is 5.56 Å². The summed E-state index contributed by atoms with van der Waals surface area (Å²) in [4.78, 5) is 8.12. The number of anilines is 3. The van der Waals surface area contributed by atoms with Gasteiger partial charge in [0.2, 0.25) is 5.88 Å². The third-order valence-electron chi connectivity index (χ3n) is 4.15. The normalized spacial score (nSPS) is 15.8. The Hall–Kier alpha value is -2.51. The van der Waals surface area contributed by atoms with E-state index in [0.717, 1.165) is 37.8 Å². The maximum absolute atomic E-state index is 12.6. The molecule has 25 heavy (non-hydrogen) atoms. The summed E-state index contributed by atoms with van der Waals surface area (Å²) in [7, 11) is 0. The zero-order valence-corrected chi connectivity index (χ0v) is 13.5. The van der Waals surface area contributed by atoms with Gasteiger partial charge in [0.1, 0.15) is 18.1 Å². The zero-order chi connectivity index (χ0) is 17.9. The molecule has 0 spiro atoms. The Balaban J connectivity index is 1.73.